The molecule has 4 nitrogen and oxygen atoms in total. The van der Waals surface area contributed by atoms with Gasteiger partial charge in [0.15, 0.2) is 0 Å². The number of benzene rings is 8. The minimum Gasteiger partial charge on any atom is -0.310 e. The first-order valence-corrected chi connectivity index (χ1v) is 18.5. The van der Waals surface area contributed by atoms with E-state index in [0.29, 0.717) is 11.1 Å². The van der Waals surface area contributed by atoms with Gasteiger partial charge in [-0.3, -0.25) is 0 Å². The molecule has 2 aliphatic rings. The maximum atomic E-state index is 10.0. The highest BCUT2D eigenvalue weighted by Gasteiger charge is 2.51. The maximum Gasteiger partial charge on any atom is 0.0992 e. The van der Waals surface area contributed by atoms with Crippen molar-refractivity contribution in [3.8, 4) is 40.1 Å². The Morgan fingerprint density at radius 3 is 1.38 bits per heavy atom. The molecule has 0 bridgehead atoms. The van der Waals surface area contributed by atoms with Gasteiger partial charge >= 0.3 is 0 Å². The molecule has 1 spiro atoms. The van der Waals surface area contributed by atoms with Crippen molar-refractivity contribution in [2.45, 2.75) is 5.41 Å². The van der Waals surface area contributed by atoms with Crippen LogP contribution in [-0.2, 0) is 5.41 Å². The molecule has 4 heteroatoms. The molecule has 2 heterocycles. The number of fused-ring (bicyclic) bond motifs is 12. The predicted molar refractivity (Wildman–Crippen MR) is 221 cm³/mol. The molecule has 0 amide bonds. The number of para-hydroxylation sites is 4. The molecule has 11 rings (SSSR count). The molecule has 1 aromatic heterocycles. The Morgan fingerprint density at radius 2 is 0.836 bits per heavy atom. The van der Waals surface area contributed by atoms with Crippen molar-refractivity contribution >= 4 is 38.9 Å². The quantitative estimate of drug-likeness (QED) is 0.185. The van der Waals surface area contributed by atoms with Gasteiger partial charge in [-0.1, -0.05) is 121 Å². The molecule has 0 atom stereocenters. The summed E-state index contributed by atoms with van der Waals surface area (Å²) in [6, 6.07) is 69.1. The van der Waals surface area contributed by atoms with Crippen LogP contribution < -0.4 is 4.90 Å². The summed E-state index contributed by atoms with van der Waals surface area (Å²) >= 11 is 0. The highest BCUT2D eigenvalue weighted by atomic mass is 15.2. The van der Waals surface area contributed by atoms with E-state index in [2.05, 4.69) is 185 Å². The highest BCUT2D eigenvalue weighted by Crippen LogP contribution is 2.63. The number of hydrogen-bond acceptors (Lipinski definition) is 3. The van der Waals surface area contributed by atoms with Gasteiger partial charge in [0, 0.05) is 22.1 Å². The van der Waals surface area contributed by atoms with Crippen LogP contribution in [0.4, 0.5) is 17.1 Å². The number of nitriles is 2. The Labute approximate surface area is 318 Å². The van der Waals surface area contributed by atoms with E-state index in [1.165, 1.54) is 44.2 Å². The first-order valence-electron chi connectivity index (χ1n) is 18.5. The molecule has 0 saturated heterocycles. The van der Waals surface area contributed by atoms with Crippen LogP contribution in [0.1, 0.15) is 33.4 Å². The first kappa shape index (κ1) is 30.9. The van der Waals surface area contributed by atoms with Gasteiger partial charge in [0.1, 0.15) is 0 Å². The van der Waals surface area contributed by atoms with Gasteiger partial charge < -0.3 is 9.47 Å². The predicted octanol–water partition coefficient (Wildman–Crippen LogP) is 12.3. The van der Waals surface area contributed by atoms with Crippen molar-refractivity contribution in [1.82, 2.24) is 4.57 Å². The van der Waals surface area contributed by atoms with Crippen molar-refractivity contribution in [3.05, 3.63) is 215 Å². The number of anilines is 3. The molecule has 8 aromatic carbocycles. The van der Waals surface area contributed by atoms with Gasteiger partial charge in [0.2, 0.25) is 0 Å². The van der Waals surface area contributed by atoms with Gasteiger partial charge in [-0.25, -0.2) is 0 Å². The molecule has 55 heavy (non-hydrogen) atoms. The van der Waals surface area contributed by atoms with Crippen molar-refractivity contribution in [2.24, 2.45) is 0 Å². The monoisotopic (exact) mass is 698 g/mol. The Morgan fingerprint density at radius 1 is 0.400 bits per heavy atom. The first-order chi connectivity index (χ1) is 27.2. The third-order valence-electron chi connectivity index (χ3n) is 11.6. The number of rotatable bonds is 3. The SMILES string of the molecule is N#Cc1cc(C#N)cc(-c2cc(N3c4ccccc4C4(c5ccccc5-c5ccccc54)c4ccccc43)cc(-n3c4ccccc4c4ccccc43)c2)c1. The van der Waals surface area contributed by atoms with E-state index >= 15 is 0 Å². The van der Waals surface area contributed by atoms with E-state index in [0.717, 1.165) is 44.9 Å². The smallest absolute Gasteiger partial charge is 0.0992 e. The molecule has 0 radical (unpaired) electrons. The molecular formula is C51H30N4. The van der Waals surface area contributed by atoms with Gasteiger partial charge in [-0.2, -0.15) is 10.5 Å². The van der Waals surface area contributed by atoms with E-state index in [1.54, 1.807) is 6.07 Å². The molecule has 0 saturated carbocycles. The van der Waals surface area contributed by atoms with Crippen LogP contribution in [0.5, 0.6) is 0 Å². The van der Waals surface area contributed by atoms with E-state index < -0.39 is 5.41 Å². The Hall–Kier alpha value is -7.66. The van der Waals surface area contributed by atoms with Crippen molar-refractivity contribution in [3.63, 3.8) is 0 Å². The van der Waals surface area contributed by atoms with Crippen LogP contribution in [0.25, 0.3) is 49.7 Å². The van der Waals surface area contributed by atoms with Crippen LogP contribution in [0.15, 0.2) is 182 Å². The Kier molecular flexibility index (Phi) is 6.56. The summed E-state index contributed by atoms with van der Waals surface area (Å²) in [5.74, 6) is 0. The maximum absolute atomic E-state index is 10.0. The summed E-state index contributed by atoms with van der Waals surface area (Å²) in [5.41, 5.74) is 16.0. The third kappa shape index (κ3) is 4.25. The second-order valence-corrected chi connectivity index (χ2v) is 14.3. The zero-order valence-electron chi connectivity index (χ0n) is 29.6. The van der Waals surface area contributed by atoms with E-state index in [9.17, 15) is 10.5 Å². The average Bonchev–Trinajstić information content (AvgIpc) is 3.75. The molecule has 1 aliphatic heterocycles. The summed E-state index contributed by atoms with van der Waals surface area (Å²) < 4.78 is 2.34. The van der Waals surface area contributed by atoms with E-state index in [4.69, 9.17) is 0 Å². The third-order valence-corrected chi connectivity index (χ3v) is 11.6. The Bertz CT molecular complexity index is 2970. The molecule has 254 valence electrons. The molecule has 0 N–H and O–H groups in total. The summed E-state index contributed by atoms with van der Waals surface area (Å²) in [6.45, 7) is 0. The second-order valence-electron chi connectivity index (χ2n) is 14.3. The summed E-state index contributed by atoms with van der Waals surface area (Å²) in [4.78, 5) is 2.40. The number of nitrogens with zero attached hydrogens (tertiary/aromatic N) is 4. The normalized spacial score (nSPS) is 13.2. The van der Waals surface area contributed by atoms with E-state index in [1.807, 2.05) is 12.1 Å². The van der Waals surface area contributed by atoms with Crippen LogP contribution in [0, 0.1) is 22.7 Å². The van der Waals surface area contributed by atoms with Gasteiger partial charge in [-0.05, 0) is 105 Å². The van der Waals surface area contributed by atoms with E-state index in [-0.39, 0.29) is 0 Å². The fourth-order valence-electron chi connectivity index (χ4n) is 9.48. The standard InChI is InChI=1S/C51H30N4/c52-31-33-25-34(32-53)27-35(26-33)36-28-37(54-47-21-9-3-15-41(47)42-16-4-10-22-48(42)54)30-38(29-36)55-49-23-11-7-19-45(49)51(46-20-8-12-24-50(46)55)43-17-5-1-13-39(43)40-14-2-6-18-44(40)51/h1-30H. The largest absolute Gasteiger partial charge is 0.310 e. The lowest BCUT2D eigenvalue weighted by molar-refractivity contribution is 0.752. The highest BCUT2D eigenvalue weighted by molar-refractivity contribution is 6.09. The minimum atomic E-state index is -0.521. The number of aromatic nitrogens is 1. The van der Waals surface area contributed by atoms with Gasteiger partial charge in [0.05, 0.1) is 51.1 Å². The Balaban J connectivity index is 1.24. The zero-order valence-corrected chi connectivity index (χ0v) is 29.6. The lowest BCUT2D eigenvalue weighted by atomic mass is 9.64. The van der Waals surface area contributed by atoms with Gasteiger partial charge in [0.25, 0.3) is 0 Å². The second kappa shape index (κ2) is 11.7. The molecule has 1 aliphatic carbocycles. The van der Waals surface area contributed by atoms with Crippen molar-refractivity contribution in [1.29, 1.82) is 10.5 Å². The topological polar surface area (TPSA) is 55.8 Å². The van der Waals surface area contributed by atoms with Crippen LogP contribution >= 0.6 is 0 Å². The zero-order chi connectivity index (χ0) is 36.7. The molecule has 9 aromatic rings. The van der Waals surface area contributed by atoms with Crippen LogP contribution in [0.2, 0.25) is 0 Å². The number of hydrogen-bond donors (Lipinski definition) is 0. The average molecular weight is 699 g/mol. The van der Waals surface area contributed by atoms with Gasteiger partial charge in [-0.15, -0.1) is 0 Å². The fourth-order valence-corrected chi connectivity index (χ4v) is 9.48. The molecule has 0 fully saturated rings. The molecular weight excluding hydrogens is 669 g/mol. The minimum absolute atomic E-state index is 0.451. The van der Waals surface area contributed by atoms with Crippen molar-refractivity contribution < 1.29 is 0 Å². The lowest BCUT2D eigenvalue weighted by Crippen LogP contribution is -2.36. The van der Waals surface area contributed by atoms with Crippen LogP contribution in [-0.4, -0.2) is 4.57 Å². The summed E-state index contributed by atoms with van der Waals surface area (Å²) in [6.07, 6.45) is 0. The summed E-state index contributed by atoms with van der Waals surface area (Å²) in [5, 5.41) is 22.4. The van der Waals surface area contributed by atoms with Crippen LogP contribution in [0.3, 0.4) is 0 Å². The molecule has 0 unspecified atom stereocenters. The summed E-state index contributed by atoms with van der Waals surface area (Å²) in [7, 11) is 0. The fraction of sp³-hybridized carbons (Fsp3) is 0.0196. The lowest BCUT2D eigenvalue weighted by Gasteiger charge is -2.45. The van der Waals surface area contributed by atoms with Crippen molar-refractivity contribution in [2.75, 3.05) is 4.90 Å².